The molecule has 2 N–H and O–H groups in total. The number of aliphatic hydroxyl groups excluding tert-OH is 1. The number of hydrogen-bond acceptors (Lipinski definition) is 4. The highest BCUT2D eigenvalue weighted by atomic mass is 32.2. The van der Waals surface area contributed by atoms with Crippen molar-refractivity contribution in [2.45, 2.75) is 44.5 Å². The second-order valence-electron chi connectivity index (χ2n) is 6.62. The Labute approximate surface area is 150 Å². The Morgan fingerprint density at radius 1 is 1.24 bits per heavy atom. The van der Waals surface area contributed by atoms with Crippen LogP contribution in [0.1, 0.15) is 37.8 Å². The Hall–Kier alpha value is -1.41. The van der Waals surface area contributed by atoms with Gasteiger partial charge in [0.25, 0.3) is 0 Å². The molecule has 0 fully saturated rings. The van der Waals surface area contributed by atoms with E-state index < -0.39 is 29.5 Å². The predicted molar refractivity (Wildman–Crippen MR) is 92.8 cm³/mol. The van der Waals surface area contributed by atoms with Crippen molar-refractivity contribution in [2.75, 3.05) is 18.6 Å². The van der Waals surface area contributed by atoms with E-state index in [4.69, 9.17) is 4.74 Å². The molecule has 8 heteroatoms. The van der Waals surface area contributed by atoms with Gasteiger partial charge < -0.3 is 15.2 Å². The highest BCUT2D eigenvalue weighted by Gasteiger charge is 2.31. The zero-order valence-corrected chi connectivity index (χ0v) is 15.5. The second-order valence-corrected chi connectivity index (χ2v) is 7.53. The molecule has 1 aromatic carbocycles. The van der Waals surface area contributed by atoms with Crippen LogP contribution in [0, 0.1) is 0 Å². The number of thioether (sulfide) groups is 1. The molecule has 0 radical (unpaired) electrons. The SMILES string of the molecule is CSC[C@H](c1ccc(C(F)(F)F)cc1)[C@H](CO)NC(=O)OC(C)(C)C. The van der Waals surface area contributed by atoms with E-state index in [2.05, 4.69) is 5.32 Å². The van der Waals surface area contributed by atoms with Crippen LogP contribution in [0.15, 0.2) is 24.3 Å². The standard InChI is InChI=1S/C17H24F3NO3S/c1-16(2,3)24-15(23)21-14(9-22)13(10-25-4)11-5-7-12(8-6-11)17(18,19)20/h5-8,13-14,22H,9-10H2,1-4H3,(H,21,23)/t13-,14+/m1/s1. The van der Waals surface area contributed by atoms with Crippen molar-refractivity contribution in [3.63, 3.8) is 0 Å². The summed E-state index contributed by atoms with van der Waals surface area (Å²) in [5, 5.41) is 12.3. The second kappa shape index (κ2) is 8.80. The van der Waals surface area contributed by atoms with E-state index in [1.54, 1.807) is 20.8 Å². The lowest BCUT2D eigenvalue weighted by atomic mass is 9.92. The van der Waals surface area contributed by atoms with Gasteiger partial charge in [0, 0.05) is 11.7 Å². The molecule has 4 nitrogen and oxygen atoms in total. The lowest BCUT2D eigenvalue weighted by Gasteiger charge is -2.28. The summed E-state index contributed by atoms with van der Waals surface area (Å²) >= 11 is 1.47. The maximum absolute atomic E-state index is 12.7. The third kappa shape index (κ3) is 7.15. The molecule has 0 bridgehead atoms. The van der Waals surface area contributed by atoms with Crippen LogP contribution in [-0.4, -0.2) is 41.5 Å². The summed E-state index contributed by atoms with van der Waals surface area (Å²) in [4.78, 5) is 12.0. The van der Waals surface area contributed by atoms with E-state index in [1.807, 2.05) is 6.26 Å². The molecule has 0 unspecified atom stereocenters. The molecule has 0 aliphatic rings. The summed E-state index contributed by atoms with van der Waals surface area (Å²) in [5.74, 6) is 0.168. The van der Waals surface area contributed by atoms with Gasteiger partial charge >= 0.3 is 12.3 Å². The van der Waals surface area contributed by atoms with Crippen LogP contribution in [0.5, 0.6) is 0 Å². The van der Waals surface area contributed by atoms with Crippen molar-refractivity contribution in [1.29, 1.82) is 0 Å². The lowest BCUT2D eigenvalue weighted by molar-refractivity contribution is -0.137. The summed E-state index contributed by atoms with van der Waals surface area (Å²) in [6.07, 6.45) is -3.23. The Morgan fingerprint density at radius 3 is 2.20 bits per heavy atom. The molecule has 142 valence electrons. The summed E-state index contributed by atoms with van der Waals surface area (Å²) in [6.45, 7) is 4.80. The van der Waals surface area contributed by atoms with Gasteiger partial charge in [-0.05, 0) is 44.7 Å². The predicted octanol–water partition coefficient (Wildman–Crippen LogP) is 4.04. The third-order valence-electron chi connectivity index (χ3n) is 3.40. The van der Waals surface area contributed by atoms with Crippen LogP contribution in [0.4, 0.5) is 18.0 Å². The van der Waals surface area contributed by atoms with E-state index in [9.17, 15) is 23.1 Å². The first-order valence-corrected chi connectivity index (χ1v) is 9.13. The number of alkyl carbamates (subject to hydrolysis) is 1. The van der Waals surface area contributed by atoms with E-state index >= 15 is 0 Å². The highest BCUT2D eigenvalue weighted by molar-refractivity contribution is 7.98. The zero-order valence-electron chi connectivity index (χ0n) is 14.7. The number of halogens is 3. The van der Waals surface area contributed by atoms with Crippen molar-refractivity contribution in [3.8, 4) is 0 Å². The van der Waals surface area contributed by atoms with Crippen LogP contribution in [0.3, 0.4) is 0 Å². The first-order chi connectivity index (χ1) is 11.5. The normalized spacial score (nSPS) is 14.7. The molecule has 0 saturated carbocycles. The van der Waals surface area contributed by atoms with Crippen LogP contribution in [-0.2, 0) is 10.9 Å². The topological polar surface area (TPSA) is 58.6 Å². The fourth-order valence-corrected chi connectivity index (χ4v) is 3.06. The molecule has 0 saturated heterocycles. The first-order valence-electron chi connectivity index (χ1n) is 7.74. The zero-order chi connectivity index (χ0) is 19.3. The number of ether oxygens (including phenoxy) is 1. The molecule has 0 aliphatic heterocycles. The van der Waals surface area contributed by atoms with Crippen molar-refractivity contribution in [1.82, 2.24) is 5.32 Å². The number of carbonyl (C=O) groups excluding carboxylic acids is 1. The minimum absolute atomic E-state index is 0.352. The molecule has 0 aromatic heterocycles. The number of hydrogen-bond donors (Lipinski definition) is 2. The van der Waals surface area contributed by atoms with Gasteiger partial charge in [0.05, 0.1) is 18.2 Å². The van der Waals surface area contributed by atoms with Crippen LogP contribution in [0.25, 0.3) is 0 Å². The summed E-state index contributed by atoms with van der Waals surface area (Å²) in [6, 6.07) is 4.10. The van der Waals surface area contributed by atoms with E-state index in [1.165, 1.54) is 23.9 Å². The minimum atomic E-state index is -4.40. The van der Waals surface area contributed by atoms with Crippen molar-refractivity contribution >= 4 is 17.9 Å². The Bertz CT molecular complexity index is 556. The molecule has 0 spiro atoms. The summed E-state index contributed by atoms with van der Waals surface area (Å²) in [5.41, 5.74) is -0.815. The fourth-order valence-electron chi connectivity index (χ4n) is 2.28. The molecule has 0 aliphatic carbocycles. The van der Waals surface area contributed by atoms with Crippen molar-refractivity contribution in [3.05, 3.63) is 35.4 Å². The molecule has 0 heterocycles. The summed E-state index contributed by atoms with van der Waals surface area (Å²) < 4.78 is 43.3. The molecule has 1 amide bonds. The average molecular weight is 379 g/mol. The van der Waals surface area contributed by atoms with Gasteiger partial charge in [0.15, 0.2) is 0 Å². The fraction of sp³-hybridized carbons (Fsp3) is 0.588. The van der Waals surface area contributed by atoms with Gasteiger partial charge in [0.2, 0.25) is 0 Å². The number of carbonyl (C=O) groups is 1. The third-order valence-corrected chi connectivity index (χ3v) is 4.09. The Kier molecular flexibility index (Phi) is 7.62. The van der Waals surface area contributed by atoms with Gasteiger partial charge in [-0.25, -0.2) is 4.79 Å². The number of benzene rings is 1. The first kappa shape index (κ1) is 21.6. The van der Waals surface area contributed by atoms with Crippen molar-refractivity contribution in [2.24, 2.45) is 0 Å². The maximum atomic E-state index is 12.7. The van der Waals surface area contributed by atoms with Gasteiger partial charge in [-0.3, -0.25) is 0 Å². The van der Waals surface area contributed by atoms with Gasteiger partial charge in [-0.15, -0.1) is 0 Å². The number of alkyl halides is 3. The van der Waals surface area contributed by atoms with Gasteiger partial charge in [-0.2, -0.15) is 24.9 Å². The highest BCUT2D eigenvalue weighted by Crippen LogP contribution is 2.31. The van der Waals surface area contributed by atoms with Gasteiger partial charge in [-0.1, -0.05) is 12.1 Å². The largest absolute Gasteiger partial charge is 0.444 e. The average Bonchev–Trinajstić information content (AvgIpc) is 2.48. The lowest BCUT2D eigenvalue weighted by Crippen LogP contribution is -2.45. The van der Waals surface area contributed by atoms with Crippen LogP contribution in [0.2, 0.25) is 0 Å². The summed E-state index contributed by atoms with van der Waals surface area (Å²) in [7, 11) is 0. The quantitative estimate of drug-likeness (QED) is 0.783. The number of aliphatic hydroxyl groups is 1. The Morgan fingerprint density at radius 2 is 1.80 bits per heavy atom. The number of nitrogens with one attached hydrogen (secondary N) is 1. The van der Waals surface area contributed by atoms with E-state index in [0.717, 1.165) is 12.1 Å². The smallest absolute Gasteiger partial charge is 0.416 e. The van der Waals surface area contributed by atoms with Crippen LogP contribution < -0.4 is 5.32 Å². The molecule has 2 atom stereocenters. The number of amides is 1. The molecular formula is C17H24F3NO3S. The van der Waals surface area contributed by atoms with Gasteiger partial charge in [0.1, 0.15) is 5.60 Å². The molecule has 1 rings (SSSR count). The number of rotatable bonds is 6. The molecular weight excluding hydrogens is 355 g/mol. The van der Waals surface area contributed by atoms with Crippen molar-refractivity contribution < 1.29 is 27.8 Å². The minimum Gasteiger partial charge on any atom is -0.444 e. The van der Waals surface area contributed by atoms with E-state index in [-0.39, 0.29) is 12.5 Å². The van der Waals surface area contributed by atoms with Crippen LogP contribution >= 0.6 is 11.8 Å². The maximum Gasteiger partial charge on any atom is 0.416 e. The monoisotopic (exact) mass is 379 g/mol. The molecule has 1 aromatic rings. The molecule has 25 heavy (non-hydrogen) atoms. The Balaban J connectivity index is 2.97. The van der Waals surface area contributed by atoms with E-state index in [0.29, 0.717) is 11.3 Å².